The van der Waals surface area contributed by atoms with E-state index in [0.717, 1.165) is 18.7 Å². The van der Waals surface area contributed by atoms with Crippen LogP contribution in [0.15, 0.2) is 47.6 Å². The van der Waals surface area contributed by atoms with Gasteiger partial charge in [0.1, 0.15) is 11.5 Å². The zero-order chi connectivity index (χ0) is 18.4. The summed E-state index contributed by atoms with van der Waals surface area (Å²) >= 11 is 0. The lowest BCUT2D eigenvalue weighted by Gasteiger charge is -2.17. The first-order valence-corrected chi connectivity index (χ1v) is 8.61. The van der Waals surface area contributed by atoms with E-state index in [2.05, 4.69) is 27.6 Å². The lowest BCUT2D eigenvalue weighted by atomic mass is 10.2. The average molecular weight is 353 g/mol. The van der Waals surface area contributed by atoms with Gasteiger partial charge in [-0.3, -0.25) is 4.79 Å². The van der Waals surface area contributed by atoms with Crippen molar-refractivity contribution in [3.05, 3.63) is 53.6 Å². The molecule has 1 N–H and O–H groups in total. The summed E-state index contributed by atoms with van der Waals surface area (Å²) in [5, 5.41) is 4.04. The van der Waals surface area contributed by atoms with Crippen molar-refractivity contribution in [1.29, 1.82) is 0 Å². The number of nitrogens with one attached hydrogen (secondary N) is 1. The number of amides is 1. The van der Waals surface area contributed by atoms with Crippen molar-refractivity contribution in [3.8, 4) is 11.5 Å². The Hall–Kier alpha value is -3.02. The summed E-state index contributed by atoms with van der Waals surface area (Å²) in [4.78, 5) is 14.6. The lowest BCUT2D eigenvalue weighted by molar-refractivity contribution is 0.0954. The SMILES string of the molecule is COc1cc(OC)cc(C(=O)NN=Cc2ccc(N3CCCC3)cc2)c1. The maximum absolute atomic E-state index is 12.3. The highest BCUT2D eigenvalue weighted by molar-refractivity contribution is 5.95. The van der Waals surface area contributed by atoms with Gasteiger partial charge in [0, 0.05) is 30.4 Å². The molecule has 1 amide bonds. The molecule has 1 fully saturated rings. The maximum atomic E-state index is 12.3. The number of hydrogen-bond acceptors (Lipinski definition) is 5. The molecule has 1 saturated heterocycles. The Morgan fingerprint density at radius 2 is 1.65 bits per heavy atom. The van der Waals surface area contributed by atoms with Gasteiger partial charge in [-0.25, -0.2) is 5.43 Å². The summed E-state index contributed by atoms with van der Waals surface area (Å²) in [7, 11) is 3.08. The van der Waals surface area contributed by atoms with Crippen LogP contribution in [-0.4, -0.2) is 39.4 Å². The number of benzene rings is 2. The molecule has 26 heavy (non-hydrogen) atoms. The van der Waals surface area contributed by atoms with E-state index < -0.39 is 0 Å². The molecule has 0 bridgehead atoms. The molecule has 0 aliphatic carbocycles. The van der Waals surface area contributed by atoms with Crippen molar-refractivity contribution in [2.24, 2.45) is 5.10 Å². The molecule has 0 atom stereocenters. The molecule has 1 aliphatic rings. The zero-order valence-electron chi connectivity index (χ0n) is 15.1. The first-order valence-electron chi connectivity index (χ1n) is 8.61. The van der Waals surface area contributed by atoms with Gasteiger partial charge < -0.3 is 14.4 Å². The number of anilines is 1. The second-order valence-electron chi connectivity index (χ2n) is 6.09. The third-order valence-corrected chi connectivity index (χ3v) is 4.36. The van der Waals surface area contributed by atoms with Crippen LogP contribution in [0.4, 0.5) is 5.69 Å². The Kier molecular flexibility index (Phi) is 5.73. The highest BCUT2D eigenvalue weighted by atomic mass is 16.5. The molecule has 1 aliphatic heterocycles. The van der Waals surface area contributed by atoms with Crippen LogP contribution in [0.3, 0.4) is 0 Å². The van der Waals surface area contributed by atoms with Crippen LogP contribution in [0, 0.1) is 0 Å². The molecular formula is C20H23N3O3. The van der Waals surface area contributed by atoms with Crippen LogP contribution in [0.5, 0.6) is 11.5 Å². The number of hydrogen-bond donors (Lipinski definition) is 1. The first kappa shape index (κ1) is 17.8. The number of methoxy groups -OCH3 is 2. The van der Waals surface area contributed by atoms with E-state index >= 15 is 0 Å². The summed E-state index contributed by atoms with van der Waals surface area (Å²) in [5.41, 5.74) is 5.10. The molecule has 2 aromatic rings. The number of ether oxygens (including phenoxy) is 2. The van der Waals surface area contributed by atoms with E-state index in [1.807, 2.05) is 12.1 Å². The fraction of sp³-hybridized carbons (Fsp3) is 0.300. The van der Waals surface area contributed by atoms with Crippen molar-refractivity contribution in [2.75, 3.05) is 32.2 Å². The zero-order valence-corrected chi connectivity index (χ0v) is 15.1. The Morgan fingerprint density at radius 1 is 1.04 bits per heavy atom. The number of rotatable bonds is 6. The summed E-state index contributed by atoms with van der Waals surface area (Å²) in [6.45, 7) is 2.24. The predicted molar refractivity (Wildman–Crippen MR) is 102 cm³/mol. The molecule has 2 aromatic carbocycles. The van der Waals surface area contributed by atoms with Gasteiger partial charge in [0.25, 0.3) is 5.91 Å². The standard InChI is InChI=1S/C20H23N3O3/c1-25-18-11-16(12-19(13-18)26-2)20(24)22-21-14-15-5-7-17(8-6-15)23-9-3-4-10-23/h5-8,11-14H,3-4,9-10H2,1-2H3,(H,22,24). The Balaban J connectivity index is 1.62. The van der Waals surface area contributed by atoms with Crippen molar-refractivity contribution in [1.82, 2.24) is 5.43 Å². The highest BCUT2D eigenvalue weighted by Gasteiger charge is 2.11. The van der Waals surface area contributed by atoms with Crippen LogP contribution in [0.1, 0.15) is 28.8 Å². The minimum Gasteiger partial charge on any atom is -0.497 e. The van der Waals surface area contributed by atoms with Crippen LogP contribution in [0.2, 0.25) is 0 Å². The third-order valence-electron chi connectivity index (χ3n) is 4.36. The quantitative estimate of drug-likeness (QED) is 0.640. The molecule has 0 saturated carbocycles. The number of carbonyl (C=O) groups is 1. The Morgan fingerprint density at radius 3 is 2.23 bits per heavy atom. The van der Waals surface area contributed by atoms with E-state index in [9.17, 15) is 4.79 Å². The summed E-state index contributed by atoms with van der Waals surface area (Å²) in [6, 6.07) is 13.1. The molecule has 1 heterocycles. The van der Waals surface area contributed by atoms with E-state index in [0.29, 0.717) is 17.1 Å². The van der Waals surface area contributed by atoms with Crippen LogP contribution >= 0.6 is 0 Å². The van der Waals surface area contributed by atoms with Gasteiger partial charge in [-0.05, 0) is 42.7 Å². The van der Waals surface area contributed by atoms with Gasteiger partial charge in [-0.1, -0.05) is 12.1 Å². The third kappa shape index (κ3) is 4.33. The molecule has 0 radical (unpaired) electrons. The second-order valence-corrected chi connectivity index (χ2v) is 6.09. The molecule has 0 spiro atoms. The molecule has 3 rings (SSSR count). The molecule has 6 heteroatoms. The average Bonchev–Trinajstić information content (AvgIpc) is 3.22. The smallest absolute Gasteiger partial charge is 0.271 e. The van der Waals surface area contributed by atoms with Gasteiger partial charge in [-0.2, -0.15) is 5.10 Å². The van der Waals surface area contributed by atoms with E-state index in [4.69, 9.17) is 9.47 Å². The van der Waals surface area contributed by atoms with Gasteiger partial charge >= 0.3 is 0 Å². The second kappa shape index (κ2) is 8.38. The van der Waals surface area contributed by atoms with Crippen LogP contribution < -0.4 is 19.8 Å². The van der Waals surface area contributed by atoms with Gasteiger partial charge in [-0.15, -0.1) is 0 Å². The largest absolute Gasteiger partial charge is 0.497 e. The Bertz CT molecular complexity index is 759. The lowest BCUT2D eigenvalue weighted by Crippen LogP contribution is -2.18. The van der Waals surface area contributed by atoms with Crippen LogP contribution in [-0.2, 0) is 0 Å². The van der Waals surface area contributed by atoms with E-state index in [1.54, 1.807) is 38.6 Å². The van der Waals surface area contributed by atoms with Gasteiger partial charge in [0.2, 0.25) is 0 Å². The predicted octanol–water partition coefficient (Wildman–Crippen LogP) is 3.07. The van der Waals surface area contributed by atoms with E-state index in [1.165, 1.54) is 18.5 Å². The van der Waals surface area contributed by atoms with Gasteiger partial charge in [0.15, 0.2) is 0 Å². The minimum absolute atomic E-state index is 0.327. The minimum atomic E-state index is -0.327. The summed E-state index contributed by atoms with van der Waals surface area (Å²) in [5.74, 6) is 0.777. The maximum Gasteiger partial charge on any atom is 0.271 e. The Labute approximate surface area is 153 Å². The van der Waals surface area contributed by atoms with Gasteiger partial charge in [0.05, 0.1) is 20.4 Å². The highest BCUT2D eigenvalue weighted by Crippen LogP contribution is 2.22. The molecule has 0 aromatic heterocycles. The van der Waals surface area contributed by atoms with Crippen molar-refractivity contribution < 1.29 is 14.3 Å². The molecule has 0 unspecified atom stereocenters. The number of carbonyl (C=O) groups excluding carboxylic acids is 1. The summed E-state index contributed by atoms with van der Waals surface area (Å²) < 4.78 is 10.3. The topological polar surface area (TPSA) is 63.2 Å². The number of hydrazone groups is 1. The fourth-order valence-corrected chi connectivity index (χ4v) is 2.92. The van der Waals surface area contributed by atoms with Crippen molar-refractivity contribution in [2.45, 2.75) is 12.8 Å². The number of nitrogens with zero attached hydrogens (tertiary/aromatic N) is 2. The van der Waals surface area contributed by atoms with Crippen LogP contribution in [0.25, 0.3) is 0 Å². The van der Waals surface area contributed by atoms with E-state index in [-0.39, 0.29) is 5.91 Å². The van der Waals surface area contributed by atoms with Crippen molar-refractivity contribution >= 4 is 17.8 Å². The fourth-order valence-electron chi connectivity index (χ4n) is 2.92. The summed E-state index contributed by atoms with van der Waals surface area (Å²) in [6.07, 6.45) is 4.14. The first-order chi connectivity index (χ1) is 12.7. The molecular weight excluding hydrogens is 330 g/mol. The monoisotopic (exact) mass is 353 g/mol. The van der Waals surface area contributed by atoms with Crippen molar-refractivity contribution in [3.63, 3.8) is 0 Å². The molecule has 136 valence electrons. The molecule has 6 nitrogen and oxygen atoms in total. The normalized spacial score (nSPS) is 13.8.